The first-order chi connectivity index (χ1) is 9.13. The van der Waals surface area contributed by atoms with E-state index in [0.717, 1.165) is 35.5 Å². The van der Waals surface area contributed by atoms with Gasteiger partial charge in [0.05, 0.1) is 17.0 Å². The summed E-state index contributed by atoms with van der Waals surface area (Å²) in [6, 6.07) is 6.00. The number of benzene rings is 1. The number of hydrogen-bond donors (Lipinski definition) is 3. The number of imidazole rings is 1. The van der Waals surface area contributed by atoms with Crippen LogP contribution in [0.15, 0.2) is 18.2 Å². The Labute approximate surface area is 111 Å². The standard InChI is InChI=1S/C14H18N4O/c1-8-11(5-6-15-8)14(19)18-10-3-4-12-13(7-10)17-9(2)16-12/h3-4,7-8,11,15H,5-6H2,1-2H3,(H,16,17)(H,18,19). The minimum atomic E-state index is 0.0548. The molecular weight excluding hydrogens is 240 g/mol. The maximum absolute atomic E-state index is 12.2. The van der Waals surface area contributed by atoms with Crippen LogP contribution in [0.2, 0.25) is 0 Å². The number of nitrogens with zero attached hydrogens (tertiary/aromatic N) is 1. The molecule has 100 valence electrons. The normalized spacial score (nSPS) is 22.8. The quantitative estimate of drug-likeness (QED) is 0.769. The van der Waals surface area contributed by atoms with Crippen molar-refractivity contribution in [2.24, 2.45) is 5.92 Å². The van der Waals surface area contributed by atoms with Crippen molar-refractivity contribution in [1.82, 2.24) is 15.3 Å². The number of hydrogen-bond acceptors (Lipinski definition) is 3. The Morgan fingerprint density at radius 2 is 2.32 bits per heavy atom. The van der Waals surface area contributed by atoms with Crippen molar-refractivity contribution in [3.63, 3.8) is 0 Å². The summed E-state index contributed by atoms with van der Waals surface area (Å²) in [5.74, 6) is 1.03. The number of aromatic amines is 1. The van der Waals surface area contributed by atoms with E-state index in [1.165, 1.54) is 0 Å². The largest absolute Gasteiger partial charge is 0.342 e. The van der Waals surface area contributed by atoms with Crippen molar-refractivity contribution >= 4 is 22.6 Å². The van der Waals surface area contributed by atoms with Crippen LogP contribution in [0, 0.1) is 12.8 Å². The fourth-order valence-electron chi connectivity index (χ4n) is 2.67. The lowest BCUT2D eigenvalue weighted by molar-refractivity contribution is -0.119. The minimum absolute atomic E-state index is 0.0548. The van der Waals surface area contributed by atoms with E-state index >= 15 is 0 Å². The fourth-order valence-corrected chi connectivity index (χ4v) is 2.67. The number of rotatable bonds is 2. The maximum atomic E-state index is 12.2. The molecule has 1 amide bonds. The molecule has 1 aromatic carbocycles. The number of fused-ring (bicyclic) bond motifs is 1. The number of carbonyl (C=O) groups excluding carboxylic acids is 1. The average Bonchev–Trinajstić information content (AvgIpc) is 2.93. The summed E-state index contributed by atoms with van der Waals surface area (Å²) in [6.07, 6.45) is 0.901. The Kier molecular flexibility index (Phi) is 2.98. The van der Waals surface area contributed by atoms with Crippen molar-refractivity contribution in [3.05, 3.63) is 24.0 Å². The van der Waals surface area contributed by atoms with Gasteiger partial charge in [0.1, 0.15) is 5.82 Å². The third-order valence-corrected chi connectivity index (χ3v) is 3.73. The van der Waals surface area contributed by atoms with Gasteiger partial charge in [-0.1, -0.05) is 0 Å². The number of aromatic nitrogens is 2. The van der Waals surface area contributed by atoms with Crippen molar-refractivity contribution in [2.75, 3.05) is 11.9 Å². The molecule has 0 bridgehead atoms. The molecular formula is C14H18N4O. The molecule has 3 rings (SSSR count). The molecule has 2 atom stereocenters. The summed E-state index contributed by atoms with van der Waals surface area (Å²) >= 11 is 0. The van der Waals surface area contributed by atoms with Crippen LogP contribution < -0.4 is 10.6 Å². The van der Waals surface area contributed by atoms with Gasteiger partial charge in [-0.25, -0.2) is 4.98 Å². The summed E-state index contributed by atoms with van der Waals surface area (Å²) in [6.45, 7) is 4.89. The SMILES string of the molecule is Cc1nc2ccc(NC(=O)C3CCNC3C)cc2[nH]1. The van der Waals surface area contributed by atoms with Gasteiger partial charge in [-0.05, 0) is 45.0 Å². The Bertz CT molecular complexity index is 619. The van der Waals surface area contributed by atoms with Crippen LogP contribution in [-0.2, 0) is 4.79 Å². The molecule has 5 nitrogen and oxygen atoms in total. The second-order valence-corrected chi connectivity index (χ2v) is 5.18. The van der Waals surface area contributed by atoms with Gasteiger partial charge in [0.25, 0.3) is 0 Å². The maximum Gasteiger partial charge on any atom is 0.229 e. The summed E-state index contributed by atoms with van der Waals surface area (Å²) in [5, 5.41) is 6.28. The van der Waals surface area contributed by atoms with Crippen LogP contribution in [-0.4, -0.2) is 28.5 Å². The molecule has 5 heteroatoms. The van der Waals surface area contributed by atoms with Gasteiger partial charge in [-0.2, -0.15) is 0 Å². The van der Waals surface area contributed by atoms with Crippen molar-refractivity contribution < 1.29 is 4.79 Å². The Morgan fingerprint density at radius 3 is 3.05 bits per heavy atom. The van der Waals surface area contributed by atoms with E-state index in [2.05, 4.69) is 27.5 Å². The zero-order valence-corrected chi connectivity index (χ0v) is 11.2. The van der Waals surface area contributed by atoms with Crippen LogP contribution in [0.5, 0.6) is 0 Å². The highest BCUT2D eigenvalue weighted by molar-refractivity contribution is 5.95. The van der Waals surface area contributed by atoms with Gasteiger partial charge in [0.15, 0.2) is 0 Å². The highest BCUT2D eigenvalue weighted by Crippen LogP contribution is 2.20. The van der Waals surface area contributed by atoms with Gasteiger partial charge in [0, 0.05) is 11.7 Å². The number of anilines is 1. The third-order valence-electron chi connectivity index (χ3n) is 3.73. The zero-order valence-electron chi connectivity index (χ0n) is 11.2. The molecule has 1 aromatic heterocycles. The average molecular weight is 258 g/mol. The van der Waals surface area contributed by atoms with Gasteiger partial charge in [0.2, 0.25) is 5.91 Å². The van der Waals surface area contributed by atoms with E-state index < -0.39 is 0 Å². The topological polar surface area (TPSA) is 69.8 Å². The molecule has 1 saturated heterocycles. The summed E-state index contributed by atoms with van der Waals surface area (Å²) in [4.78, 5) is 19.7. The molecule has 3 N–H and O–H groups in total. The lowest BCUT2D eigenvalue weighted by Gasteiger charge is -2.14. The molecule has 1 aliphatic heterocycles. The van der Waals surface area contributed by atoms with Gasteiger partial charge in [-0.3, -0.25) is 4.79 Å². The molecule has 2 unspecified atom stereocenters. The van der Waals surface area contributed by atoms with E-state index in [4.69, 9.17) is 0 Å². The summed E-state index contributed by atoms with van der Waals surface area (Å²) in [7, 11) is 0. The first-order valence-corrected chi connectivity index (χ1v) is 6.64. The van der Waals surface area contributed by atoms with Crippen LogP contribution in [0.25, 0.3) is 11.0 Å². The van der Waals surface area contributed by atoms with Crippen LogP contribution in [0.1, 0.15) is 19.2 Å². The smallest absolute Gasteiger partial charge is 0.229 e. The first-order valence-electron chi connectivity index (χ1n) is 6.64. The van der Waals surface area contributed by atoms with Gasteiger partial charge >= 0.3 is 0 Å². The van der Waals surface area contributed by atoms with E-state index in [1.54, 1.807) is 0 Å². The number of H-pyrrole nitrogens is 1. The molecule has 0 radical (unpaired) electrons. The molecule has 0 saturated carbocycles. The second-order valence-electron chi connectivity index (χ2n) is 5.18. The monoisotopic (exact) mass is 258 g/mol. The molecule has 1 fully saturated rings. The predicted octanol–water partition coefficient (Wildman–Crippen LogP) is 1.81. The highest BCUT2D eigenvalue weighted by atomic mass is 16.1. The fraction of sp³-hybridized carbons (Fsp3) is 0.429. The number of carbonyl (C=O) groups is 1. The van der Waals surface area contributed by atoms with E-state index in [0.29, 0.717) is 0 Å². The summed E-state index contributed by atoms with van der Waals surface area (Å²) < 4.78 is 0. The molecule has 2 aromatic rings. The van der Waals surface area contributed by atoms with Crippen LogP contribution in [0.4, 0.5) is 5.69 Å². The van der Waals surface area contributed by atoms with E-state index in [9.17, 15) is 4.79 Å². The number of aryl methyl sites for hydroxylation is 1. The molecule has 0 spiro atoms. The van der Waals surface area contributed by atoms with Gasteiger partial charge in [-0.15, -0.1) is 0 Å². The highest BCUT2D eigenvalue weighted by Gasteiger charge is 2.29. The Hall–Kier alpha value is -1.88. The predicted molar refractivity (Wildman–Crippen MR) is 75.0 cm³/mol. The number of amides is 1. The third kappa shape index (κ3) is 2.33. The van der Waals surface area contributed by atoms with Crippen LogP contribution in [0.3, 0.4) is 0 Å². The molecule has 0 aliphatic carbocycles. The zero-order chi connectivity index (χ0) is 13.4. The van der Waals surface area contributed by atoms with Crippen LogP contribution >= 0.6 is 0 Å². The lowest BCUT2D eigenvalue weighted by atomic mass is 10.0. The first kappa shape index (κ1) is 12.2. The Morgan fingerprint density at radius 1 is 1.47 bits per heavy atom. The van der Waals surface area contributed by atoms with Crippen molar-refractivity contribution in [2.45, 2.75) is 26.3 Å². The van der Waals surface area contributed by atoms with E-state index in [1.807, 2.05) is 25.1 Å². The van der Waals surface area contributed by atoms with Gasteiger partial charge < -0.3 is 15.6 Å². The molecule has 1 aliphatic rings. The number of nitrogens with one attached hydrogen (secondary N) is 3. The lowest BCUT2D eigenvalue weighted by Crippen LogP contribution is -2.32. The summed E-state index contributed by atoms with van der Waals surface area (Å²) in [5.41, 5.74) is 2.69. The minimum Gasteiger partial charge on any atom is -0.342 e. The van der Waals surface area contributed by atoms with E-state index in [-0.39, 0.29) is 17.9 Å². The Balaban J connectivity index is 1.79. The van der Waals surface area contributed by atoms with Crippen molar-refractivity contribution in [1.29, 1.82) is 0 Å². The molecule has 2 heterocycles. The second kappa shape index (κ2) is 4.66. The molecule has 19 heavy (non-hydrogen) atoms. The van der Waals surface area contributed by atoms with Crippen molar-refractivity contribution in [3.8, 4) is 0 Å².